The summed E-state index contributed by atoms with van der Waals surface area (Å²) in [7, 11) is 3.22. The predicted octanol–water partition coefficient (Wildman–Crippen LogP) is 3.76. The minimum Gasteiger partial charge on any atom is -0.497 e. The van der Waals surface area contributed by atoms with E-state index in [0.717, 1.165) is 27.4 Å². The van der Waals surface area contributed by atoms with E-state index >= 15 is 0 Å². The van der Waals surface area contributed by atoms with Crippen LogP contribution in [0.2, 0.25) is 0 Å². The van der Waals surface area contributed by atoms with Gasteiger partial charge in [0.05, 0.1) is 24.7 Å². The van der Waals surface area contributed by atoms with E-state index in [2.05, 4.69) is 36.9 Å². The number of ether oxygens (including phenoxy) is 2. The van der Waals surface area contributed by atoms with Crippen molar-refractivity contribution in [2.24, 2.45) is 0 Å². The quantitative estimate of drug-likeness (QED) is 0.563. The predicted molar refractivity (Wildman–Crippen MR) is 119 cm³/mol. The number of nitrogens with zero attached hydrogens (tertiary/aromatic N) is 3. The van der Waals surface area contributed by atoms with Gasteiger partial charge < -0.3 is 20.2 Å². The van der Waals surface area contributed by atoms with Crippen LogP contribution in [0.5, 0.6) is 11.5 Å². The number of halogens is 1. The van der Waals surface area contributed by atoms with Crippen molar-refractivity contribution >= 4 is 39.3 Å². The van der Waals surface area contributed by atoms with E-state index in [1.807, 2.05) is 41.9 Å². The first-order chi connectivity index (χ1) is 14.5. The molecule has 2 N–H and O–H groups in total. The van der Waals surface area contributed by atoms with E-state index in [1.54, 1.807) is 26.4 Å². The molecular weight excluding hydrogens is 470 g/mol. The van der Waals surface area contributed by atoms with Crippen LogP contribution in [0.4, 0.5) is 5.69 Å². The number of nitrogens with one attached hydrogen (secondary N) is 2. The van der Waals surface area contributed by atoms with Crippen molar-refractivity contribution < 1.29 is 14.3 Å². The molecule has 10 heteroatoms. The summed E-state index contributed by atoms with van der Waals surface area (Å²) in [6.07, 6.45) is 0. The zero-order valence-electron chi connectivity index (χ0n) is 16.5. The van der Waals surface area contributed by atoms with Gasteiger partial charge in [-0.3, -0.25) is 4.79 Å². The highest BCUT2D eigenvalue weighted by Crippen LogP contribution is 2.39. The van der Waals surface area contributed by atoms with Crippen molar-refractivity contribution in [3.05, 3.63) is 58.3 Å². The van der Waals surface area contributed by atoms with Gasteiger partial charge >= 0.3 is 0 Å². The molecule has 0 saturated carbocycles. The van der Waals surface area contributed by atoms with Gasteiger partial charge in [0.25, 0.3) is 0 Å². The van der Waals surface area contributed by atoms with Crippen molar-refractivity contribution in [3.8, 4) is 11.5 Å². The number of anilines is 1. The molecule has 0 unspecified atom stereocenters. The molecule has 1 aromatic heterocycles. The van der Waals surface area contributed by atoms with Crippen LogP contribution in [0.3, 0.4) is 0 Å². The second kappa shape index (κ2) is 8.57. The van der Waals surface area contributed by atoms with Crippen LogP contribution >= 0.6 is 27.7 Å². The molecule has 2 heterocycles. The second-order valence-electron chi connectivity index (χ2n) is 6.62. The van der Waals surface area contributed by atoms with Crippen molar-refractivity contribution in [2.75, 3.05) is 25.0 Å². The molecular formula is C20H20BrN5O3S. The molecule has 1 amide bonds. The van der Waals surface area contributed by atoms with Gasteiger partial charge in [-0.1, -0.05) is 17.8 Å². The van der Waals surface area contributed by atoms with Crippen LogP contribution < -0.4 is 20.2 Å². The zero-order valence-corrected chi connectivity index (χ0v) is 19.0. The summed E-state index contributed by atoms with van der Waals surface area (Å²) in [5.41, 5.74) is 5.02. The van der Waals surface area contributed by atoms with Gasteiger partial charge in [0.1, 0.15) is 22.6 Å². The van der Waals surface area contributed by atoms with Crippen molar-refractivity contribution in [1.29, 1.82) is 0 Å². The molecule has 0 aliphatic carbocycles. The molecule has 0 radical (unpaired) electrons. The Hall–Kier alpha value is -2.72. The minimum atomic E-state index is -0.469. The SMILES string of the molecule is COc1ccc(NC(=O)[C@H]2Sc3nnc(C)n3N[C@H]2c2ccc(OC)c(Br)c2)cc1. The Kier molecular flexibility index (Phi) is 5.87. The summed E-state index contributed by atoms with van der Waals surface area (Å²) in [6.45, 7) is 1.86. The number of carbonyl (C=O) groups excluding carboxylic acids is 1. The molecule has 0 fully saturated rings. The first-order valence-electron chi connectivity index (χ1n) is 9.13. The van der Waals surface area contributed by atoms with E-state index in [1.165, 1.54) is 11.8 Å². The molecule has 8 nitrogen and oxygen atoms in total. The molecule has 0 saturated heterocycles. The fourth-order valence-corrected chi connectivity index (χ4v) is 4.86. The third-order valence-electron chi connectivity index (χ3n) is 4.75. The summed E-state index contributed by atoms with van der Waals surface area (Å²) < 4.78 is 13.1. The van der Waals surface area contributed by atoms with Crippen molar-refractivity contribution in [2.45, 2.75) is 23.4 Å². The number of rotatable bonds is 5. The highest BCUT2D eigenvalue weighted by molar-refractivity contribution is 9.10. The van der Waals surface area contributed by atoms with Crippen LogP contribution in [-0.2, 0) is 4.79 Å². The van der Waals surface area contributed by atoms with E-state index in [0.29, 0.717) is 10.8 Å². The number of thioether (sulfide) groups is 1. The Morgan fingerprint density at radius 2 is 1.93 bits per heavy atom. The summed E-state index contributed by atoms with van der Waals surface area (Å²) in [5.74, 6) is 2.04. The number of hydrogen-bond acceptors (Lipinski definition) is 7. The molecule has 4 rings (SSSR count). The molecule has 3 aromatic rings. The molecule has 2 atom stereocenters. The van der Waals surface area contributed by atoms with Gasteiger partial charge in [-0.05, 0) is 64.8 Å². The largest absolute Gasteiger partial charge is 0.497 e. The minimum absolute atomic E-state index is 0.137. The lowest BCUT2D eigenvalue weighted by Crippen LogP contribution is -2.41. The maximum absolute atomic E-state index is 13.2. The van der Waals surface area contributed by atoms with Gasteiger partial charge in [0.2, 0.25) is 11.1 Å². The number of aromatic nitrogens is 3. The van der Waals surface area contributed by atoms with E-state index in [-0.39, 0.29) is 11.9 Å². The molecule has 0 bridgehead atoms. The number of aryl methyl sites for hydroxylation is 1. The molecule has 2 aromatic carbocycles. The van der Waals surface area contributed by atoms with Gasteiger partial charge in [0, 0.05) is 5.69 Å². The van der Waals surface area contributed by atoms with Crippen LogP contribution in [0.15, 0.2) is 52.1 Å². The van der Waals surface area contributed by atoms with Gasteiger partial charge in [-0.25, -0.2) is 4.68 Å². The lowest BCUT2D eigenvalue weighted by Gasteiger charge is -2.33. The lowest BCUT2D eigenvalue weighted by molar-refractivity contribution is -0.116. The Balaban J connectivity index is 1.65. The van der Waals surface area contributed by atoms with Crippen LogP contribution in [-0.4, -0.2) is 40.3 Å². The van der Waals surface area contributed by atoms with Crippen LogP contribution in [0.1, 0.15) is 17.4 Å². The van der Waals surface area contributed by atoms with Crippen molar-refractivity contribution in [1.82, 2.24) is 14.9 Å². The summed E-state index contributed by atoms with van der Waals surface area (Å²) in [5, 5.41) is 11.5. The number of methoxy groups -OCH3 is 2. The summed E-state index contributed by atoms with van der Waals surface area (Å²) >= 11 is 4.91. The highest BCUT2D eigenvalue weighted by Gasteiger charge is 2.37. The molecule has 1 aliphatic rings. The molecule has 30 heavy (non-hydrogen) atoms. The summed E-state index contributed by atoms with van der Waals surface area (Å²) in [4.78, 5) is 13.2. The third-order valence-corrected chi connectivity index (χ3v) is 6.58. The zero-order chi connectivity index (χ0) is 21.3. The smallest absolute Gasteiger partial charge is 0.240 e. The average Bonchev–Trinajstić information content (AvgIpc) is 3.13. The van der Waals surface area contributed by atoms with Crippen LogP contribution in [0, 0.1) is 6.92 Å². The maximum atomic E-state index is 13.2. The number of benzene rings is 2. The average molecular weight is 490 g/mol. The Bertz CT molecular complexity index is 1070. The monoisotopic (exact) mass is 489 g/mol. The Morgan fingerprint density at radius 1 is 1.17 bits per heavy atom. The van der Waals surface area contributed by atoms with E-state index < -0.39 is 5.25 Å². The van der Waals surface area contributed by atoms with Gasteiger partial charge in [0.15, 0.2) is 0 Å². The number of fused-ring (bicyclic) bond motifs is 1. The fourth-order valence-electron chi connectivity index (χ4n) is 3.17. The maximum Gasteiger partial charge on any atom is 0.240 e. The number of hydrogen-bond donors (Lipinski definition) is 2. The van der Waals surface area contributed by atoms with Gasteiger partial charge in [-0.2, -0.15) is 0 Å². The third kappa shape index (κ3) is 3.97. The normalized spacial score (nSPS) is 17.6. The van der Waals surface area contributed by atoms with E-state index in [9.17, 15) is 4.79 Å². The van der Waals surface area contributed by atoms with Gasteiger partial charge in [-0.15, -0.1) is 10.2 Å². The van der Waals surface area contributed by atoms with E-state index in [4.69, 9.17) is 9.47 Å². The standard InChI is InChI=1S/C20H20BrN5O3S/c1-11-23-24-20-26(11)25-17(12-4-9-16(29-3)15(21)10-12)18(30-20)19(27)22-13-5-7-14(28-2)8-6-13/h4-10,17-18,25H,1-3H3,(H,22,27)/t17-,18-/m0/s1. The molecule has 1 aliphatic heterocycles. The first kappa shape index (κ1) is 20.5. The first-order valence-corrected chi connectivity index (χ1v) is 10.8. The molecule has 156 valence electrons. The number of amides is 1. The Morgan fingerprint density at radius 3 is 2.60 bits per heavy atom. The lowest BCUT2D eigenvalue weighted by atomic mass is 10.0. The Labute approximate surface area is 186 Å². The fraction of sp³-hybridized carbons (Fsp3) is 0.250. The number of carbonyl (C=O) groups is 1. The highest BCUT2D eigenvalue weighted by atomic mass is 79.9. The second-order valence-corrected chi connectivity index (χ2v) is 8.59. The van der Waals surface area contributed by atoms with Crippen LogP contribution in [0.25, 0.3) is 0 Å². The van der Waals surface area contributed by atoms with Crippen molar-refractivity contribution in [3.63, 3.8) is 0 Å². The molecule has 0 spiro atoms. The topological polar surface area (TPSA) is 90.3 Å². The summed E-state index contributed by atoms with van der Waals surface area (Å²) in [6, 6.07) is 12.7.